The van der Waals surface area contributed by atoms with Crippen molar-refractivity contribution < 1.29 is 14.3 Å². The van der Waals surface area contributed by atoms with Crippen LogP contribution in [0.3, 0.4) is 0 Å². The lowest BCUT2D eigenvalue weighted by Gasteiger charge is -2.31. The molecular weight excluding hydrogens is 387 g/mol. The second kappa shape index (κ2) is 7.40. The number of hydrogen-bond acceptors (Lipinski definition) is 4. The molecule has 0 spiro atoms. The van der Waals surface area contributed by atoms with E-state index in [1.165, 1.54) is 0 Å². The van der Waals surface area contributed by atoms with Gasteiger partial charge in [0.2, 0.25) is 5.91 Å². The topological polar surface area (TPSA) is 60.5 Å². The predicted octanol–water partition coefficient (Wildman–Crippen LogP) is 4.22. The van der Waals surface area contributed by atoms with Gasteiger partial charge in [0.25, 0.3) is 0 Å². The third-order valence-corrected chi connectivity index (χ3v) is 6.14. The number of pyridine rings is 1. The van der Waals surface area contributed by atoms with Crippen LogP contribution in [-0.2, 0) is 14.3 Å². The van der Waals surface area contributed by atoms with Gasteiger partial charge in [-0.2, -0.15) is 0 Å². The number of benzene rings is 1. The van der Waals surface area contributed by atoms with Crippen molar-refractivity contribution in [2.24, 2.45) is 5.92 Å². The van der Waals surface area contributed by atoms with E-state index < -0.39 is 0 Å². The van der Waals surface area contributed by atoms with Crippen molar-refractivity contribution in [1.82, 2.24) is 4.98 Å². The zero-order valence-electron chi connectivity index (χ0n) is 15.0. The van der Waals surface area contributed by atoms with E-state index in [4.69, 9.17) is 32.7 Å². The van der Waals surface area contributed by atoms with Gasteiger partial charge in [0.05, 0.1) is 34.3 Å². The Morgan fingerprint density at radius 1 is 1.26 bits per heavy atom. The fourth-order valence-corrected chi connectivity index (χ4v) is 4.52. The molecule has 0 radical (unpaired) electrons. The molecule has 0 aliphatic carbocycles. The molecule has 1 aromatic heterocycles. The molecule has 1 aromatic carbocycles. The van der Waals surface area contributed by atoms with Gasteiger partial charge in [-0.3, -0.25) is 9.78 Å². The van der Waals surface area contributed by atoms with Gasteiger partial charge < -0.3 is 14.8 Å². The third kappa shape index (κ3) is 3.45. The highest BCUT2D eigenvalue weighted by atomic mass is 35.5. The number of nitrogens with zero attached hydrogens (tertiary/aromatic N) is 1. The molecular formula is C20H20Cl2N2O3. The smallest absolute Gasteiger partial charge is 0.230 e. The number of aromatic nitrogens is 1. The average molecular weight is 407 g/mol. The fraction of sp³-hybridized carbons (Fsp3) is 0.400. The Kier molecular flexibility index (Phi) is 5.12. The number of aryl methyl sites for hydroxylation is 1. The van der Waals surface area contributed by atoms with Gasteiger partial charge in [-0.05, 0) is 42.8 Å². The van der Waals surface area contributed by atoms with Crippen molar-refractivity contribution >= 4 is 34.8 Å². The Morgan fingerprint density at radius 3 is 2.78 bits per heavy atom. The van der Waals surface area contributed by atoms with Gasteiger partial charge in [-0.1, -0.05) is 23.2 Å². The van der Waals surface area contributed by atoms with Crippen LogP contribution in [0.15, 0.2) is 36.5 Å². The van der Waals surface area contributed by atoms with Crippen LogP contribution in [0.1, 0.15) is 23.6 Å². The van der Waals surface area contributed by atoms with Crippen molar-refractivity contribution in [1.29, 1.82) is 0 Å². The van der Waals surface area contributed by atoms with Crippen LogP contribution in [0.5, 0.6) is 0 Å². The van der Waals surface area contributed by atoms with E-state index in [0.29, 0.717) is 22.2 Å². The molecule has 4 rings (SSSR count). The number of amides is 1. The number of carbonyl (C=O) groups is 1. The largest absolute Gasteiger partial charge is 0.379 e. The summed E-state index contributed by atoms with van der Waals surface area (Å²) in [6, 6.07) is 9.03. The molecule has 2 aliphatic heterocycles. The predicted molar refractivity (Wildman–Crippen MR) is 104 cm³/mol. The molecule has 2 fully saturated rings. The molecule has 5 nitrogen and oxygen atoms in total. The number of rotatable bonds is 4. The third-order valence-electron chi connectivity index (χ3n) is 5.40. The molecule has 5 unspecified atom stereocenters. The molecule has 0 saturated carbocycles. The number of methoxy groups -OCH3 is 1. The van der Waals surface area contributed by atoms with Gasteiger partial charge >= 0.3 is 0 Å². The Balaban J connectivity index is 1.63. The SMILES string of the molecule is COC1CC2OC1C(c1ccnc(C)c1)C2C(=O)Nc1ccc(Cl)c(Cl)c1. The van der Waals surface area contributed by atoms with Crippen LogP contribution < -0.4 is 5.32 Å². The summed E-state index contributed by atoms with van der Waals surface area (Å²) in [4.78, 5) is 17.4. The van der Waals surface area contributed by atoms with Gasteiger partial charge in [0, 0.05) is 37.0 Å². The minimum absolute atomic E-state index is 0.0116. The highest BCUT2D eigenvalue weighted by Gasteiger charge is 2.57. The molecule has 2 aromatic rings. The van der Waals surface area contributed by atoms with Gasteiger partial charge in [-0.15, -0.1) is 0 Å². The lowest BCUT2D eigenvalue weighted by atomic mass is 9.74. The molecule has 142 valence electrons. The standard InChI is InChI=1S/C20H20Cl2N2O3/c1-10-7-11(5-6-23-10)17-18(15-9-16(26-2)19(17)27-15)20(25)24-12-3-4-13(21)14(22)8-12/h3-8,15-19H,9H2,1-2H3,(H,24,25). The first-order chi connectivity index (χ1) is 13.0. The fourth-order valence-electron chi connectivity index (χ4n) is 4.22. The highest BCUT2D eigenvalue weighted by molar-refractivity contribution is 6.42. The lowest BCUT2D eigenvalue weighted by molar-refractivity contribution is -0.122. The van der Waals surface area contributed by atoms with E-state index in [2.05, 4.69) is 10.3 Å². The Morgan fingerprint density at radius 2 is 2.07 bits per heavy atom. The summed E-state index contributed by atoms with van der Waals surface area (Å²) in [6.07, 6.45) is 2.14. The van der Waals surface area contributed by atoms with Crippen LogP contribution >= 0.6 is 23.2 Å². The van der Waals surface area contributed by atoms with Crippen molar-refractivity contribution in [2.45, 2.75) is 37.6 Å². The molecule has 1 amide bonds. The molecule has 5 atom stereocenters. The summed E-state index contributed by atoms with van der Waals surface area (Å²) < 4.78 is 11.7. The summed E-state index contributed by atoms with van der Waals surface area (Å²) in [5.41, 5.74) is 2.57. The maximum Gasteiger partial charge on any atom is 0.230 e. The van der Waals surface area contributed by atoms with E-state index in [9.17, 15) is 4.79 Å². The van der Waals surface area contributed by atoms with Crippen LogP contribution in [-0.4, -0.2) is 36.3 Å². The van der Waals surface area contributed by atoms with Gasteiger partial charge in [-0.25, -0.2) is 0 Å². The maximum absolute atomic E-state index is 13.1. The molecule has 2 saturated heterocycles. The van der Waals surface area contributed by atoms with Crippen LogP contribution in [0.2, 0.25) is 10.0 Å². The van der Waals surface area contributed by atoms with Crippen molar-refractivity contribution in [3.8, 4) is 0 Å². The second-order valence-electron chi connectivity index (χ2n) is 7.05. The summed E-state index contributed by atoms with van der Waals surface area (Å²) in [7, 11) is 1.69. The lowest BCUT2D eigenvalue weighted by Crippen LogP contribution is -2.41. The van der Waals surface area contributed by atoms with Crippen molar-refractivity contribution in [3.05, 3.63) is 57.8 Å². The Labute approximate surface area is 168 Å². The normalized spacial score (nSPS) is 29.1. The number of carbonyl (C=O) groups excluding carboxylic acids is 1. The minimum atomic E-state index is -0.308. The second-order valence-corrected chi connectivity index (χ2v) is 7.86. The summed E-state index contributed by atoms with van der Waals surface area (Å²) in [5, 5.41) is 3.82. The molecule has 27 heavy (non-hydrogen) atoms. The highest BCUT2D eigenvalue weighted by Crippen LogP contribution is 2.50. The number of ether oxygens (including phenoxy) is 2. The number of hydrogen-bond donors (Lipinski definition) is 1. The first kappa shape index (κ1) is 18.7. The monoisotopic (exact) mass is 406 g/mol. The molecule has 1 N–H and O–H groups in total. The molecule has 7 heteroatoms. The Hall–Kier alpha value is -1.66. The van der Waals surface area contributed by atoms with E-state index >= 15 is 0 Å². The first-order valence-corrected chi connectivity index (χ1v) is 9.60. The zero-order chi connectivity index (χ0) is 19.1. The summed E-state index contributed by atoms with van der Waals surface area (Å²) >= 11 is 12.0. The van der Waals surface area contributed by atoms with E-state index in [1.807, 2.05) is 19.1 Å². The van der Waals surface area contributed by atoms with E-state index in [-0.39, 0.29) is 36.1 Å². The molecule has 2 bridgehead atoms. The van der Waals surface area contributed by atoms with Crippen molar-refractivity contribution in [2.75, 3.05) is 12.4 Å². The van der Waals surface area contributed by atoms with Crippen LogP contribution in [0, 0.1) is 12.8 Å². The van der Waals surface area contributed by atoms with Gasteiger partial charge in [0.1, 0.15) is 0 Å². The van der Waals surface area contributed by atoms with Crippen LogP contribution in [0.25, 0.3) is 0 Å². The van der Waals surface area contributed by atoms with Crippen LogP contribution in [0.4, 0.5) is 5.69 Å². The van der Waals surface area contributed by atoms with Gasteiger partial charge in [0.15, 0.2) is 0 Å². The number of halogens is 2. The van der Waals surface area contributed by atoms with E-state index in [0.717, 1.165) is 11.3 Å². The average Bonchev–Trinajstić information content (AvgIpc) is 3.22. The molecule has 2 aliphatic rings. The quantitative estimate of drug-likeness (QED) is 0.825. The number of nitrogens with one attached hydrogen (secondary N) is 1. The number of anilines is 1. The maximum atomic E-state index is 13.1. The molecule has 3 heterocycles. The first-order valence-electron chi connectivity index (χ1n) is 8.84. The summed E-state index contributed by atoms with van der Waals surface area (Å²) in [5.74, 6) is -0.481. The van der Waals surface area contributed by atoms with Crippen molar-refractivity contribution in [3.63, 3.8) is 0 Å². The minimum Gasteiger partial charge on any atom is -0.379 e. The number of fused-ring (bicyclic) bond motifs is 2. The zero-order valence-corrected chi connectivity index (χ0v) is 16.5. The summed E-state index contributed by atoms with van der Waals surface area (Å²) in [6.45, 7) is 1.94. The van der Waals surface area contributed by atoms with E-state index in [1.54, 1.807) is 31.5 Å². The Bertz CT molecular complexity index is 876.